The van der Waals surface area contributed by atoms with Gasteiger partial charge in [0.1, 0.15) is 0 Å². The summed E-state index contributed by atoms with van der Waals surface area (Å²) in [5.41, 5.74) is 0. The van der Waals surface area contributed by atoms with E-state index in [1.165, 1.54) is 7.05 Å². The van der Waals surface area contributed by atoms with Crippen molar-refractivity contribution >= 4 is 21.6 Å². The molecular weight excluding hydrogens is 255 g/mol. The van der Waals surface area contributed by atoms with E-state index in [9.17, 15) is 21.6 Å². The molecule has 0 aliphatic carbocycles. The third-order valence-electron chi connectivity index (χ3n) is 1.74. The first-order valence-corrected chi connectivity index (χ1v) is 6.40. The molecule has 0 unspecified atom stereocenters. The normalized spacial score (nSPS) is 13.5. The second-order valence-corrected chi connectivity index (χ2v) is 5.62. The van der Waals surface area contributed by atoms with Crippen LogP contribution in [0.1, 0.15) is 12.8 Å². The molecule has 92 valence electrons. The molecule has 0 N–H and O–H groups in total. The molecule has 15 heavy (non-hydrogen) atoms. The highest BCUT2D eigenvalue weighted by molar-refractivity contribution is 7.89. The minimum absolute atomic E-state index is 0.107. The molecule has 8 heteroatoms. The lowest BCUT2D eigenvalue weighted by atomic mass is 10.3. The summed E-state index contributed by atoms with van der Waals surface area (Å²) in [5, 5.41) is 0. The van der Waals surface area contributed by atoms with E-state index < -0.39 is 34.8 Å². The maximum atomic E-state index is 11.8. The number of hydrogen-bond donors (Lipinski definition) is 0. The largest absolute Gasteiger partial charge is 0.389 e. The Labute approximate surface area is 92.2 Å². The fraction of sp³-hybridized carbons (Fsp3) is 1.00. The zero-order valence-corrected chi connectivity index (χ0v) is 9.79. The summed E-state index contributed by atoms with van der Waals surface area (Å²) in [5.74, 6) is -0.380. The summed E-state index contributed by atoms with van der Waals surface area (Å²) in [7, 11) is -2.30. The molecule has 0 amide bonds. The van der Waals surface area contributed by atoms with Crippen molar-refractivity contribution in [1.82, 2.24) is 4.31 Å². The molecule has 0 aromatic heterocycles. The van der Waals surface area contributed by atoms with Crippen molar-refractivity contribution in [2.24, 2.45) is 0 Å². The highest BCUT2D eigenvalue weighted by atomic mass is 35.5. The summed E-state index contributed by atoms with van der Waals surface area (Å²) in [6.07, 6.45) is -5.81. The quantitative estimate of drug-likeness (QED) is 0.689. The number of alkyl halides is 4. The molecule has 0 aliphatic heterocycles. The van der Waals surface area contributed by atoms with Gasteiger partial charge in [0.15, 0.2) is 0 Å². The Hall–Kier alpha value is -0.0100. The summed E-state index contributed by atoms with van der Waals surface area (Å²) < 4.78 is 58.8. The highest BCUT2D eigenvalue weighted by Gasteiger charge is 2.28. The molecule has 0 spiro atoms. The Balaban J connectivity index is 4.06. The van der Waals surface area contributed by atoms with E-state index in [0.717, 1.165) is 4.31 Å². The predicted molar refractivity (Wildman–Crippen MR) is 52.4 cm³/mol. The average molecular weight is 268 g/mol. The summed E-state index contributed by atoms with van der Waals surface area (Å²) in [4.78, 5) is 0. The van der Waals surface area contributed by atoms with Crippen LogP contribution in [0.5, 0.6) is 0 Å². The maximum absolute atomic E-state index is 11.8. The fourth-order valence-corrected chi connectivity index (χ4v) is 2.41. The van der Waals surface area contributed by atoms with Crippen molar-refractivity contribution in [1.29, 1.82) is 0 Å². The first-order valence-electron chi connectivity index (χ1n) is 4.26. The van der Waals surface area contributed by atoms with Crippen molar-refractivity contribution in [3.63, 3.8) is 0 Å². The number of halogens is 4. The molecular formula is C7H13ClF3NO2S. The van der Waals surface area contributed by atoms with Gasteiger partial charge >= 0.3 is 6.18 Å². The summed E-state index contributed by atoms with van der Waals surface area (Å²) >= 11 is 5.32. The number of nitrogens with zero attached hydrogens (tertiary/aromatic N) is 1. The lowest BCUT2D eigenvalue weighted by molar-refractivity contribution is -0.134. The van der Waals surface area contributed by atoms with Crippen LogP contribution in [0.15, 0.2) is 0 Å². The Morgan fingerprint density at radius 3 is 2.27 bits per heavy atom. The zero-order valence-electron chi connectivity index (χ0n) is 8.22. The smallest absolute Gasteiger partial charge is 0.212 e. The minimum Gasteiger partial charge on any atom is -0.212 e. The number of sulfonamides is 1. The summed E-state index contributed by atoms with van der Waals surface area (Å²) in [6, 6.07) is 0. The van der Waals surface area contributed by atoms with Crippen LogP contribution in [-0.2, 0) is 10.0 Å². The van der Waals surface area contributed by atoms with E-state index in [2.05, 4.69) is 0 Å². The van der Waals surface area contributed by atoms with Crippen LogP contribution in [-0.4, -0.2) is 44.1 Å². The van der Waals surface area contributed by atoms with Crippen LogP contribution in [0.4, 0.5) is 13.2 Å². The average Bonchev–Trinajstić information content (AvgIpc) is 2.01. The lowest BCUT2D eigenvalue weighted by Gasteiger charge is -2.15. The maximum Gasteiger partial charge on any atom is 0.389 e. The summed E-state index contributed by atoms with van der Waals surface area (Å²) in [6.45, 7) is 0.107. The molecule has 0 heterocycles. The van der Waals surface area contributed by atoms with Gasteiger partial charge in [0.05, 0.1) is 5.75 Å². The lowest BCUT2D eigenvalue weighted by Crippen LogP contribution is -2.31. The molecule has 0 bridgehead atoms. The van der Waals surface area contributed by atoms with Gasteiger partial charge in [0.25, 0.3) is 0 Å². The van der Waals surface area contributed by atoms with E-state index in [1.807, 2.05) is 0 Å². The van der Waals surface area contributed by atoms with Crippen molar-refractivity contribution in [3.05, 3.63) is 0 Å². The minimum atomic E-state index is -4.30. The molecule has 0 aromatic carbocycles. The van der Waals surface area contributed by atoms with Gasteiger partial charge in [-0.25, -0.2) is 12.7 Å². The Morgan fingerprint density at radius 1 is 1.33 bits per heavy atom. The van der Waals surface area contributed by atoms with Crippen molar-refractivity contribution in [2.75, 3.05) is 25.2 Å². The third-order valence-corrected chi connectivity index (χ3v) is 3.84. The van der Waals surface area contributed by atoms with Crippen molar-refractivity contribution in [3.8, 4) is 0 Å². The SMILES string of the molecule is CN(CCCl)S(=O)(=O)CCCC(F)(F)F. The Kier molecular flexibility index (Phi) is 5.90. The molecule has 0 saturated heterocycles. The molecule has 0 saturated carbocycles. The molecule has 0 aliphatic rings. The molecule has 0 atom stereocenters. The molecule has 0 radical (unpaired) electrons. The molecule has 0 rings (SSSR count). The van der Waals surface area contributed by atoms with E-state index >= 15 is 0 Å². The zero-order chi connectivity index (χ0) is 12.1. The van der Waals surface area contributed by atoms with Gasteiger partial charge in [0, 0.05) is 25.9 Å². The van der Waals surface area contributed by atoms with Gasteiger partial charge in [0.2, 0.25) is 10.0 Å². The second-order valence-electron chi connectivity index (χ2n) is 3.05. The van der Waals surface area contributed by atoms with Crippen molar-refractivity contribution in [2.45, 2.75) is 19.0 Å². The second kappa shape index (κ2) is 5.91. The molecule has 0 fully saturated rings. The highest BCUT2D eigenvalue weighted by Crippen LogP contribution is 2.21. The van der Waals surface area contributed by atoms with Crippen LogP contribution in [0.2, 0.25) is 0 Å². The number of rotatable bonds is 6. The van der Waals surface area contributed by atoms with Crippen LogP contribution < -0.4 is 0 Å². The van der Waals surface area contributed by atoms with Crippen LogP contribution in [0.25, 0.3) is 0 Å². The van der Waals surface area contributed by atoms with E-state index in [-0.39, 0.29) is 12.4 Å². The van der Waals surface area contributed by atoms with Crippen molar-refractivity contribution < 1.29 is 21.6 Å². The predicted octanol–water partition coefficient (Wildman–Crippen LogP) is 1.83. The van der Waals surface area contributed by atoms with E-state index in [1.54, 1.807) is 0 Å². The van der Waals surface area contributed by atoms with Crippen LogP contribution >= 0.6 is 11.6 Å². The molecule has 0 aromatic rings. The van der Waals surface area contributed by atoms with Gasteiger partial charge in [-0.3, -0.25) is 0 Å². The first kappa shape index (κ1) is 15.0. The third kappa shape index (κ3) is 6.97. The van der Waals surface area contributed by atoms with Crippen LogP contribution in [0.3, 0.4) is 0 Å². The van der Waals surface area contributed by atoms with E-state index in [0.29, 0.717) is 0 Å². The van der Waals surface area contributed by atoms with Gasteiger partial charge in [-0.2, -0.15) is 13.2 Å². The monoisotopic (exact) mass is 267 g/mol. The first-order chi connectivity index (χ1) is 6.69. The number of hydrogen-bond acceptors (Lipinski definition) is 2. The van der Waals surface area contributed by atoms with Gasteiger partial charge in [-0.15, -0.1) is 11.6 Å². The van der Waals surface area contributed by atoms with Gasteiger partial charge in [-0.1, -0.05) is 0 Å². The Bertz CT molecular complexity index is 278. The van der Waals surface area contributed by atoms with Gasteiger partial charge in [-0.05, 0) is 6.42 Å². The Morgan fingerprint density at radius 2 is 1.87 bits per heavy atom. The van der Waals surface area contributed by atoms with Gasteiger partial charge < -0.3 is 0 Å². The fourth-order valence-electron chi connectivity index (χ4n) is 0.869. The molecule has 3 nitrogen and oxygen atoms in total. The topological polar surface area (TPSA) is 37.4 Å². The van der Waals surface area contributed by atoms with Crippen LogP contribution in [0, 0.1) is 0 Å². The standard InChI is InChI=1S/C7H13ClF3NO2S/c1-12(5-4-8)15(13,14)6-2-3-7(9,10)11/h2-6H2,1H3. The van der Waals surface area contributed by atoms with E-state index in [4.69, 9.17) is 11.6 Å².